The minimum Gasteiger partial charge on any atom is -0.351 e. The second-order valence-corrected chi connectivity index (χ2v) is 3.75. The smallest absolute Gasteiger partial charge is 0.237 e. The minimum absolute atomic E-state index is 0.0566. The van der Waals surface area contributed by atoms with Crippen LogP contribution in [0, 0.1) is 0 Å². The zero-order valence-electron chi connectivity index (χ0n) is 9.88. The molecule has 0 aromatic rings. The molecule has 15 heavy (non-hydrogen) atoms. The standard InChI is InChI=1S/C9H18N2O.C2H4O/c1-3-4-5-8-9(12)11-7(2)6-10-8;1-2-3/h7-8,10H,3-6H2,1-2H3,(H,11,12);2H,1H3. The van der Waals surface area contributed by atoms with E-state index >= 15 is 0 Å². The molecule has 0 radical (unpaired) electrons. The van der Waals surface area contributed by atoms with E-state index in [0.29, 0.717) is 0 Å². The van der Waals surface area contributed by atoms with Crippen molar-refractivity contribution in [3.63, 3.8) is 0 Å². The molecule has 0 bridgehead atoms. The summed E-state index contributed by atoms with van der Waals surface area (Å²) < 4.78 is 0. The minimum atomic E-state index is 0.0566. The largest absolute Gasteiger partial charge is 0.351 e. The molecule has 0 saturated carbocycles. The summed E-state index contributed by atoms with van der Waals surface area (Å²) in [6, 6.07) is 0.344. The van der Waals surface area contributed by atoms with Crippen LogP contribution < -0.4 is 10.6 Å². The van der Waals surface area contributed by atoms with Crippen LogP contribution in [0.25, 0.3) is 0 Å². The zero-order chi connectivity index (χ0) is 11.7. The highest BCUT2D eigenvalue weighted by Gasteiger charge is 2.23. The van der Waals surface area contributed by atoms with E-state index < -0.39 is 0 Å². The van der Waals surface area contributed by atoms with Crippen molar-refractivity contribution in [2.24, 2.45) is 0 Å². The molecule has 4 nitrogen and oxygen atoms in total. The lowest BCUT2D eigenvalue weighted by Gasteiger charge is -2.28. The van der Waals surface area contributed by atoms with Crippen molar-refractivity contribution in [1.82, 2.24) is 10.6 Å². The van der Waals surface area contributed by atoms with Crippen LogP contribution in [0.4, 0.5) is 0 Å². The number of amides is 1. The first kappa shape index (κ1) is 14.1. The van der Waals surface area contributed by atoms with Gasteiger partial charge in [0.2, 0.25) is 5.91 Å². The second-order valence-electron chi connectivity index (χ2n) is 3.75. The Kier molecular flexibility index (Phi) is 7.91. The summed E-state index contributed by atoms with van der Waals surface area (Å²) >= 11 is 0. The van der Waals surface area contributed by atoms with E-state index in [1.165, 1.54) is 6.92 Å². The summed E-state index contributed by atoms with van der Waals surface area (Å²) in [5, 5.41) is 6.18. The quantitative estimate of drug-likeness (QED) is 0.685. The first-order valence-electron chi connectivity index (χ1n) is 5.59. The molecule has 1 amide bonds. The number of aldehydes is 1. The maximum atomic E-state index is 11.3. The molecule has 4 heteroatoms. The fourth-order valence-electron chi connectivity index (χ4n) is 1.45. The van der Waals surface area contributed by atoms with E-state index in [1.54, 1.807) is 0 Å². The highest BCUT2D eigenvalue weighted by molar-refractivity contribution is 5.82. The Morgan fingerprint density at radius 1 is 1.53 bits per heavy atom. The fourth-order valence-corrected chi connectivity index (χ4v) is 1.45. The van der Waals surface area contributed by atoms with Gasteiger partial charge in [-0.15, -0.1) is 0 Å². The normalized spacial score (nSPS) is 24.9. The number of unbranched alkanes of at least 4 members (excludes halogenated alkanes) is 1. The van der Waals surface area contributed by atoms with Crippen molar-refractivity contribution in [2.75, 3.05) is 6.54 Å². The van der Waals surface area contributed by atoms with E-state index in [0.717, 1.165) is 32.1 Å². The number of carbonyl (C=O) groups is 2. The first-order valence-corrected chi connectivity index (χ1v) is 5.59. The Morgan fingerprint density at radius 3 is 2.60 bits per heavy atom. The van der Waals surface area contributed by atoms with Crippen LogP contribution in [0.15, 0.2) is 0 Å². The van der Waals surface area contributed by atoms with Crippen molar-refractivity contribution in [3.05, 3.63) is 0 Å². The van der Waals surface area contributed by atoms with E-state index in [-0.39, 0.29) is 18.0 Å². The molecule has 2 atom stereocenters. The Morgan fingerprint density at radius 2 is 2.13 bits per heavy atom. The summed E-state index contributed by atoms with van der Waals surface area (Å²) in [4.78, 5) is 20.1. The van der Waals surface area contributed by atoms with E-state index in [2.05, 4.69) is 17.6 Å². The number of nitrogens with one attached hydrogen (secondary N) is 2. The van der Waals surface area contributed by atoms with E-state index in [4.69, 9.17) is 4.79 Å². The molecule has 1 aliphatic rings. The van der Waals surface area contributed by atoms with Crippen LogP contribution in [0.1, 0.15) is 40.0 Å². The van der Waals surface area contributed by atoms with E-state index in [9.17, 15) is 4.79 Å². The lowest BCUT2D eigenvalue weighted by Crippen LogP contribution is -2.57. The van der Waals surface area contributed by atoms with Crippen LogP contribution >= 0.6 is 0 Å². The summed E-state index contributed by atoms with van der Waals surface area (Å²) in [7, 11) is 0. The maximum absolute atomic E-state index is 11.3. The number of carbonyl (C=O) groups excluding carboxylic acids is 2. The van der Waals surface area contributed by atoms with Crippen LogP contribution in [-0.2, 0) is 9.59 Å². The summed E-state index contributed by atoms with van der Waals surface area (Å²) in [5.41, 5.74) is 0. The Bertz CT molecular complexity index is 193. The van der Waals surface area contributed by atoms with Crippen molar-refractivity contribution in [2.45, 2.75) is 52.1 Å². The van der Waals surface area contributed by atoms with Gasteiger partial charge in [-0.25, -0.2) is 0 Å². The molecule has 88 valence electrons. The number of piperazine rings is 1. The van der Waals surface area contributed by atoms with Crippen molar-refractivity contribution in [3.8, 4) is 0 Å². The van der Waals surface area contributed by atoms with Gasteiger partial charge >= 0.3 is 0 Å². The summed E-state index contributed by atoms with van der Waals surface area (Å²) in [5.74, 6) is 0.169. The highest BCUT2D eigenvalue weighted by atomic mass is 16.2. The second kappa shape index (κ2) is 8.41. The predicted octanol–water partition coefficient (Wildman–Crippen LogP) is 0.858. The Balaban J connectivity index is 0.000000583. The first-order chi connectivity index (χ1) is 7.15. The zero-order valence-corrected chi connectivity index (χ0v) is 9.88. The lowest BCUT2D eigenvalue weighted by atomic mass is 10.1. The van der Waals surface area contributed by atoms with Gasteiger partial charge in [-0.05, 0) is 20.3 Å². The van der Waals surface area contributed by atoms with Gasteiger partial charge < -0.3 is 15.4 Å². The van der Waals surface area contributed by atoms with Gasteiger partial charge in [0.15, 0.2) is 0 Å². The van der Waals surface area contributed by atoms with Gasteiger partial charge in [-0.3, -0.25) is 4.79 Å². The predicted molar refractivity (Wildman–Crippen MR) is 60.7 cm³/mol. The van der Waals surface area contributed by atoms with Gasteiger partial charge in [-0.1, -0.05) is 19.8 Å². The lowest BCUT2D eigenvalue weighted by molar-refractivity contribution is -0.125. The number of hydrogen-bond acceptors (Lipinski definition) is 3. The topological polar surface area (TPSA) is 58.2 Å². The van der Waals surface area contributed by atoms with Crippen LogP contribution in [0.2, 0.25) is 0 Å². The molecule has 0 aliphatic carbocycles. The average Bonchev–Trinajstić information content (AvgIpc) is 2.18. The Hall–Kier alpha value is -0.900. The van der Waals surface area contributed by atoms with Gasteiger partial charge in [0.05, 0.1) is 6.04 Å². The van der Waals surface area contributed by atoms with E-state index in [1.807, 2.05) is 6.92 Å². The van der Waals surface area contributed by atoms with Crippen molar-refractivity contribution >= 4 is 12.2 Å². The third-order valence-corrected chi connectivity index (χ3v) is 2.22. The van der Waals surface area contributed by atoms with Crippen LogP contribution in [-0.4, -0.2) is 30.8 Å². The van der Waals surface area contributed by atoms with Gasteiger partial charge in [0, 0.05) is 12.6 Å². The summed E-state index contributed by atoms with van der Waals surface area (Å²) in [6.45, 7) is 6.50. The molecule has 1 heterocycles. The molecule has 0 spiro atoms. The monoisotopic (exact) mass is 214 g/mol. The highest BCUT2D eigenvalue weighted by Crippen LogP contribution is 2.04. The van der Waals surface area contributed by atoms with Crippen LogP contribution in [0.3, 0.4) is 0 Å². The maximum Gasteiger partial charge on any atom is 0.237 e. The molecule has 2 unspecified atom stereocenters. The molecular weight excluding hydrogens is 192 g/mol. The molecule has 0 aromatic carbocycles. The molecular formula is C11H22N2O2. The molecule has 1 aliphatic heterocycles. The molecule has 2 N–H and O–H groups in total. The third kappa shape index (κ3) is 6.23. The number of hydrogen-bond donors (Lipinski definition) is 2. The van der Waals surface area contributed by atoms with Crippen molar-refractivity contribution in [1.29, 1.82) is 0 Å². The van der Waals surface area contributed by atoms with Gasteiger partial charge in [0.25, 0.3) is 0 Å². The molecule has 1 saturated heterocycles. The van der Waals surface area contributed by atoms with Gasteiger partial charge in [0.1, 0.15) is 6.29 Å². The average molecular weight is 214 g/mol. The fraction of sp³-hybridized carbons (Fsp3) is 0.818. The molecule has 0 aromatic heterocycles. The summed E-state index contributed by atoms with van der Waals surface area (Å²) in [6.07, 6.45) is 4.00. The van der Waals surface area contributed by atoms with Crippen LogP contribution in [0.5, 0.6) is 0 Å². The SMILES string of the molecule is CC=O.CCCCC1NCC(C)NC1=O. The van der Waals surface area contributed by atoms with Gasteiger partial charge in [-0.2, -0.15) is 0 Å². The van der Waals surface area contributed by atoms with Crippen molar-refractivity contribution < 1.29 is 9.59 Å². The molecule has 1 fully saturated rings. The third-order valence-electron chi connectivity index (χ3n) is 2.22. The molecule has 1 rings (SSSR count). The number of rotatable bonds is 3. The Labute approximate surface area is 91.8 Å².